The molecule has 76 valence electrons. The van der Waals surface area contributed by atoms with E-state index in [0.717, 1.165) is 5.57 Å². The van der Waals surface area contributed by atoms with E-state index in [1.165, 1.54) is 7.11 Å². The van der Waals surface area contributed by atoms with E-state index in [4.69, 9.17) is 9.47 Å². The topological polar surface area (TPSA) is 35.5 Å². The molecule has 0 bridgehead atoms. The number of ether oxygens (including phenoxy) is 2. The molecule has 0 fully saturated rings. The Kier molecular flexibility index (Phi) is 3.98. The first kappa shape index (κ1) is 12.0. The summed E-state index contributed by atoms with van der Waals surface area (Å²) < 4.78 is 10.1. The minimum Gasteiger partial charge on any atom is -0.490 e. The molecule has 0 aromatic rings. The number of esters is 1. The van der Waals surface area contributed by atoms with Gasteiger partial charge in [0.2, 0.25) is 5.76 Å². The van der Waals surface area contributed by atoms with Gasteiger partial charge in [-0.2, -0.15) is 0 Å². The van der Waals surface area contributed by atoms with E-state index in [2.05, 4.69) is 0 Å². The van der Waals surface area contributed by atoms with E-state index >= 15 is 0 Å². The van der Waals surface area contributed by atoms with Gasteiger partial charge in [-0.05, 0) is 40.2 Å². The molecule has 0 spiro atoms. The molecule has 0 N–H and O–H groups in total. The number of rotatable bonds is 2. The molecule has 0 unspecified atom stereocenters. The van der Waals surface area contributed by atoms with E-state index in [1.54, 1.807) is 0 Å². The van der Waals surface area contributed by atoms with Gasteiger partial charge in [0.05, 0.1) is 7.11 Å². The smallest absolute Gasteiger partial charge is 0.374 e. The number of hydrogen-bond acceptors (Lipinski definition) is 3. The molecule has 0 radical (unpaired) electrons. The molecule has 0 saturated heterocycles. The van der Waals surface area contributed by atoms with E-state index in [0.29, 0.717) is 0 Å². The maximum Gasteiger partial charge on any atom is 0.374 e. The maximum absolute atomic E-state index is 11.4. The van der Waals surface area contributed by atoms with Gasteiger partial charge in [0, 0.05) is 0 Å². The van der Waals surface area contributed by atoms with Crippen LogP contribution in [-0.4, -0.2) is 18.7 Å². The number of hydrogen-bond donors (Lipinski definition) is 0. The summed E-state index contributed by atoms with van der Waals surface area (Å²) in [5.74, 6) is -0.120. The average Bonchev–Trinajstić information content (AvgIpc) is 1.82. The SMILES string of the molecule is COC(C(=O)OC(C)(C)C)=C(C)C. The predicted octanol–water partition coefficient (Wildman–Crippen LogP) is 2.27. The lowest BCUT2D eigenvalue weighted by molar-refractivity contribution is -0.153. The summed E-state index contributed by atoms with van der Waals surface area (Å²) in [6.07, 6.45) is 0. The zero-order valence-corrected chi connectivity index (χ0v) is 9.22. The molecule has 0 aromatic heterocycles. The molecular formula is C10H18O3. The first-order chi connectivity index (χ1) is 5.78. The lowest BCUT2D eigenvalue weighted by Crippen LogP contribution is -2.25. The van der Waals surface area contributed by atoms with Crippen LogP contribution in [0.2, 0.25) is 0 Å². The molecule has 0 rings (SSSR count). The van der Waals surface area contributed by atoms with Gasteiger partial charge in [-0.25, -0.2) is 4.79 Å². The van der Waals surface area contributed by atoms with Crippen LogP contribution in [-0.2, 0) is 14.3 Å². The number of carbonyl (C=O) groups is 1. The summed E-state index contributed by atoms with van der Waals surface area (Å²) in [7, 11) is 1.46. The van der Waals surface area contributed by atoms with Crippen molar-refractivity contribution in [1.29, 1.82) is 0 Å². The van der Waals surface area contributed by atoms with Gasteiger partial charge in [0.15, 0.2) is 0 Å². The molecule has 0 amide bonds. The fraction of sp³-hybridized carbons (Fsp3) is 0.700. The molecular weight excluding hydrogens is 168 g/mol. The van der Waals surface area contributed by atoms with E-state index in [1.807, 2.05) is 34.6 Å². The number of methoxy groups -OCH3 is 1. The predicted molar refractivity (Wildman–Crippen MR) is 51.2 cm³/mol. The largest absolute Gasteiger partial charge is 0.490 e. The highest BCUT2D eigenvalue weighted by molar-refractivity contribution is 5.87. The monoisotopic (exact) mass is 186 g/mol. The second-order valence-corrected chi connectivity index (χ2v) is 4.04. The van der Waals surface area contributed by atoms with Gasteiger partial charge in [-0.3, -0.25) is 0 Å². The van der Waals surface area contributed by atoms with Gasteiger partial charge < -0.3 is 9.47 Å². The Morgan fingerprint density at radius 2 is 1.62 bits per heavy atom. The van der Waals surface area contributed by atoms with Crippen LogP contribution in [0.3, 0.4) is 0 Å². The highest BCUT2D eigenvalue weighted by Gasteiger charge is 2.20. The number of allylic oxidation sites excluding steroid dienone is 1. The van der Waals surface area contributed by atoms with Crippen LogP contribution in [0.25, 0.3) is 0 Å². The van der Waals surface area contributed by atoms with Crippen molar-refractivity contribution in [2.24, 2.45) is 0 Å². The van der Waals surface area contributed by atoms with Crippen molar-refractivity contribution < 1.29 is 14.3 Å². The summed E-state index contributed by atoms with van der Waals surface area (Å²) in [6, 6.07) is 0. The zero-order chi connectivity index (χ0) is 10.6. The van der Waals surface area contributed by atoms with Crippen LogP contribution < -0.4 is 0 Å². The van der Waals surface area contributed by atoms with Crippen LogP contribution in [0, 0.1) is 0 Å². The Morgan fingerprint density at radius 1 is 1.15 bits per heavy atom. The normalized spacial score (nSPS) is 10.6. The summed E-state index contributed by atoms with van der Waals surface area (Å²) in [5.41, 5.74) is 0.341. The molecule has 3 nitrogen and oxygen atoms in total. The van der Waals surface area contributed by atoms with E-state index in [9.17, 15) is 4.79 Å². The van der Waals surface area contributed by atoms with Gasteiger partial charge in [-0.15, -0.1) is 0 Å². The Labute approximate surface area is 79.7 Å². The average molecular weight is 186 g/mol. The Bertz CT molecular complexity index is 217. The first-order valence-electron chi connectivity index (χ1n) is 4.22. The van der Waals surface area contributed by atoms with Crippen molar-refractivity contribution >= 4 is 5.97 Å². The van der Waals surface area contributed by atoms with Gasteiger partial charge in [-0.1, -0.05) is 0 Å². The third kappa shape index (κ3) is 4.55. The van der Waals surface area contributed by atoms with Crippen molar-refractivity contribution in [2.75, 3.05) is 7.11 Å². The fourth-order valence-corrected chi connectivity index (χ4v) is 0.816. The van der Waals surface area contributed by atoms with Crippen LogP contribution in [0.4, 0.5) is 0 Å². The van der Waals surface area contributed by atoms with Crippen molar-refractivity contribution in [1.82, 2.24) is 0 Å². The highest BCUT2D eigenvalue weighted by Crippen LogP contribution is 2.13. The molecule has 3 heteroatoms. The Hall–Kier alpha value is -0.990. The minimum atomic E-state index is -0.476. The quantitative estimate of drug-likeness (QED) is 0.377. The fourth-order valence-electron chi connectivity index (χ4n) is 0.816. The molecule has 13 heavy (non-hydrogen) atoms. The first-order valence-corrected chi connectivity index (χ1v) is 4.22. The lowest BCUT2D eigenvalue weighted by atomic mass is 10.2. The molecule has 0 aliphatic heterocycles. The van der Waals surface area contributed by atoms with Crippen molar-refractivity contribution in [2.45, 2.75) is 40.2 Å². The van der Waals surface area contributed by atoms with Crippen molar-refractivity contribution in [3.63, 3.8) is 0 Å². The van der Waals surface area contributed by atoms with E-state index in [-0.39, 0.29) is 5.76 Å². The molecule has 0 aliphatic rings. The number of carbonyl (C=O) groups excluding carboxylic acids is 1. The van der Waals surface area contributed by atoms with E-state index < -0.39 is 11.6 Å². The van der Waals surface area contributed by atoms with Gasteiger partial charge in [0.25, 0.3) is 0 Å². The summed E-state index contributed by atoms with van der Waals surface area (Å²) in [6.45, 7) is 9.08. The van der Waals surface area contributed by atoms with Crippen LogP contribution >= 0.6 is 0 Å². The van der Waals surface area contributed by atoms with Crippen LogP contribution in [0.1, 0.15) is 34.6 Å². The third-order valence-corrected chi connectivity index (χ3v) is 1.24. The second kappa shape index (κ2) is 4.30. The molecule has 0 heterocycles. The Balaban J connectivity index is 4.52. The molecule has 0 saturated carbocycles. The highest BCUT2D eigenvalue weighted by atomic mass is 16.6. The van der Waals surface area contributed by atoms with Crippen molar-refractivity contribution in [3.8, 4) is 0 Å². The minimum absolute atomic E-state index is 0.287. The molecule has 0 atom stereocenters. The van der Waals surface area contributed by atoms with Gasteiger partial charge in [0.1, 0.15) is 5.60 Å². The maximum atomic E-state index is 11.4. The summed E-state index contributed by atoms with van der Waals surface area (Å²) in [4.78, 5) is 11.4. The third-order valence-electron chi connectivity index (χ3n) is 1.24. The van der Waals surface area contributed by atoms with Crippen LogP contribution in [0.15, 0.2) is 11.3 Å². The Morgan fingerprint density at radius 3 is 1.85 bits per heavy atom. The van der Waals surface area contributed by atoms with Gasteiger partial charge >= 0.3 is 5.97 Å². The molecule has 0 aromatic carbocycles. The molecule has 0 aliphatic carbocycles. The standard InChI is InChI=1S/C10H18O3/c1-7(2)8(12-6)9(11)13-10(3,4)5/h1-6H3. The summed E-state index contributed by atoms with van der Waals surface area (Å²) in [5, 5.41) is 0. The zero-order valence-electron chi connectivity index (χ0n) is 9.22. The van der Waals surface area contributed by atoms with Crippen LogP contribution in [0.5, 0.6) is 0 Å². The summed E-state index contributed by atoms with van der Waals surface area (Å²) >= 11 is 0. The lowest BCUT2D eigenvalue weighted by Gasteiger charge is -2.20. The second-order valence-electron chi connectivity index (χ2n) is 4.04. The van der Waals surface area contributed by atoms with Crippen molar-refractivity contribution in [3.05, 3.63) is 11.3 Å².